The molecule has 0 spiro atoms. The number of aliphatic imine (C=N–C) groups is 1. The van der Waals surface area contributed by atoms with Crippen LogP contribution in [0.4, 0.5) is 10.2 Å². The van der Waals surface area contributed by atoms with E-state index in [-0.39, 0.29) is 35.8 Å². The lowest BCUT2D eigenvalue weighted by molar-refractivity contribution is 0.457. The van der Waals surface area contributed by atoms with Gasteiger partial charge in [-0.3, -0.25) is 9.67 Å². The molecular formula is C19H29FIN7. The molecule has 0 bridgehead atoms. The van der Waals surface area contributed by atoms with Gasteiger partial charge in [0.05, 0.1) is 0 Å². The smallest absolute Gasteiger partial charge is 0.191 e. The Morgan fingerprint density at radius 2 is 2.25 bits per heavy atom. The fourth-order valence-corrected chi connectivity index (χ4v) is 3.23. The van der Waals surface area contributed by atoms with E-state index in [9.17, 15) is 4.39 Å². The average Bonchev–Trinajstić information content (AvgIpc) is 3.32. The molecule has 28 heavy (non-hydrogen) atoms. The van der Waals surface area contributed by atoms with E-state index < -0.39 is 0 Å². The van der Waals surface area contributed by atoms with E-state index in [1.807, 2.05) is 21.8 Å². The molecule has 1 fully saturated rings. The van der Waals surface area contributed by atoms with Gasteiger partial charge in [-0.05, 0) is 37.5 Å². The molecule has 7 nitrogen and oxygen atoms in total. The second kappa shape index (κ2) is 11.2. The Hall–Kier alpha value is -1.91. The third kappa shape index (κ3) is 6.32. The van der Waals surface area contributed by atoms with Gasteiger partial charge < -0.3 is 15.5 Å². The van der Waals surface area contributed by atoms with Crippen LogP contribution in [0.25, 0.3) is 0 Å². The summed E-state index contributed by atoms with van der Waals surface area (Å²) < 4.78 is 15.9. The van der Waals surface area contributed by atoms with Crippen LogP contribution >= 0.6 is 24.0 Å². The highest BCUT2D eigenvalue weighted by Crippen LogP contribution is 2.20. The lowest BCUT2D eigenvalue weighted by atomic mass is 10.2. The van der Waals surface area contributed by atoms with Gasteiger partial charge in [-0.25, -0.2) is 9.37 Å². The summed E-state index contributed by atoms with van der Waals surface area (Å²) in [6.07, 6.45) is 6.31. The van der Waals surface area contributed by atoms with E-state index in [1.54, 1.807) is 18.5 Å². The van der Waals surface area contributed by atoms with Gasteiger partial charge in [-0.15, -0.1) is 24.0 Å². The number of halogens is 2. The summed E-state index contributed by atoms with van der Waals surface area (Å²) in [5, 5.41) is 11.0. The van der Waals surface area contributed by atoms with Crippen molar-refractivity contribution in [1.29, 1.82) is 0 Å². The molecule has 154 valence electrons. The highest BCUT2D eigenvalue weighted by atomic mass is 127. The molecular weight excluding hydrogens is 472 g/mol. The Balaban J connectivity index is 0.00000280. The van der Waals surface area contributed by atoms with E-state index in [4.69, 9.17) is 4.99 Å². The lowest BCUT2D eigenvalue weighted by Crippen LogP contribution is -2.45. The monoisotopic (exact) mass is 501 g/mol. The van der Waals surface area contributed by atoms with Crippen molar-refractivity contribution in [3.63, 3.8) is 0 Å². The van der Waals surface area contributed by atoms with Crippen molar-refractivity contribution < 1.29 is 4.39 Å². The molecule has 0 radical (unpaired) electrons. The number of hydrogen-bond acceptors (Lipinski definition) is 4. The molecule has 2 N–H and O–H groups in total. The largest absolute Gasteiger partial charge is 0.357 e. The standard InChI is InChI=1S/C19H28FN7.HI/c1-3-21-19(23-12-15(2)13-27-10-5-9-24-27)25-16-7-11-26(14-16)18-17(20)6-4-8-22-18;/h4-6,8-10,15-16H,3,7,11-14H2,1-2H3,(H2,21,23,25);1H. The van der Waals surface area contributed by atoms with Crippen LogP contribution in [0, 0.1) is 11.7 Å². The Kier molecular flexibility index (Phi) is 8.94. The number of guanidine groups is 1. The minimum atomic E-state index is -0.272. The fraction of sp³-hybridized carbons (Fsp3) is 0.526. The maximum atomic E-state index is 13.9. The summed E-state index contributed by atoms with van der Waals surface area (Å²) in [5.74, 6) is 1.34. The summed E-state index contributed by atoms with van der Waals surface area (Å²) >= 11 is 0. The molecule has 0 amide bonds. The highest BCUT2D eigenvalue weighted by Gasteiger charge is 2.25. The molecule has 1 aliphatic rings. The first-order chi connectivity index (χ1) is 13.2. The molecule has 0 aliphatic carbocycles. The third-order valence-electron chi connectivity index (χ3n) is 4.53. The van der Waals surface area contributed by atoms with Gasteiger partial charge in [0.15, 0.2) is 17.6 Å². The number of pyridine rings is 1. The van der Waals surface area contributed by atoms with E-state index >= 15 is 0 Å². The maximum Gasteiger partial charge on any atom is 0.191 e. The molecule has 1 saturated heterocycles. The van der Waals surface area contributed by atoms with E-state index in [0.717, 1.165) is 32.0 Å². The van der Waals surface area contributed by atoms with E-state index in [0.29, 0.717) is 24.8 Å². The molecule has 2 aromatic rings. The van der Waals surface area contributed by atoms with Crippen molar-refractivity contribution >= 4 is 35.8 Å². The Morgan fingerprint density at radius 1 is 1.39 bits per heavy atom. The first-order valence-electron chi connectivity index (χ1n) is 9.53. The summed E-state index contributed by atoms with van der Waals surface area (Å²) in [4.78, 5) is 10.9. The predicted molar refractivity (Wildman–Crippen MR) is 121 cm³/mol. The van der Waals surface area contributed by atoms with Gasteiger partial charge in [-0.1, -0.05) is 6.92 Å². The van der Waals surface area contributed by atoms with Crippen molar-refractivity contribution in [2.24, 2.45) is 10.9 Å². The lowest BCUT2D eigenvalue weighted by Gasteiger charge is -2.20. The van der Waals surface area contributed by atoms with E-state index in [1.165, 1.54) is 6.07 Å². The molecule has 2 atom stereocenters. The maximum absolute atomic E-state index is 13.9. The molecule has 3 heterocycles. The third-order valence-corrected chi connectivity index (χ3v) is 4.53. The molecule has 9 heteroatoms. The number of hydrogen-bond donors (Lipinski definition) is 2. The highest BCUT2D eigenvalue weighted by molar-refractivity contribution is 14.0. The van der Waals surface area contributed by atoms with Crippen molar-refractivity contribution in [1.82, 2.24) is 25.4 Å². The van der Waals surface area contributed by atoms with Gasteiger partial charge >= 0.3 is 0 Å². The number of nitrogens with one attached hydrogen (secondary N) is 2. The normalized spacial score (nSPS) is 17.9. The van der Waals surface area contributed by atoms with Crippen LogP contribution in [-0.4, -0.2) is 52.9 Å². The summed E-state index contributed by atoms with van der Waals surface area (Å²) in [7, 11) is 0. The number of rotatable bonds is 7. The summed E-state index contributed by atoms with van der Waals surface area (Å²) in [5.41, 5.74) is 0. The molecule has 2 aromatic heterocycles. The van der Waals surface area contributed by atoms with Crippen LogP contribution in [0.5, 0.6) is 0 Å². The number of aromatic nitrogens is 3. The Bertz CT molecular complexity index is 738. The first kappa shape index (κ1) is 22.4. The molecule has 0 aromatic carbocycles. The van der Waals surface area contributed by atoms with Crippen molar-refractivity contribution in [3.8, 4) is 0 Å². The molecule has 2 unspecified atom stereocenters. The van der Waals surface area contributed by atoms with Crippen LogP contribution in [0.15, 0.2) is 41.8 Å². The second-order valence-corrected chi connectivity index (χ2v) is 6.94. The first-order valence-corrected chi connectivity index (χ1v) is 9.53. The summed E-state index contributed by atoms with van der Waals surface area (Å²) in [6, 6.07) is 5.21. The fourth-order valence-electron chi connectivity index (χ4n) is 3.23. The summed E-state index contributed by atoms with van der Waals surface area (Å²) in [6.45, 7) is 8.05. The van der Waals surface area contributed by atoms with Crippen LogP contribution in [0.2, 0.25) is 0 Å². The molecule has 1 aliphatic heterocycles. The van der Waals surface area contributed by atoms with Gasteiger partial charge in [0.1, 0.15) is 0 Å². The van der Waals surface area contributed by atoms with Crippen molar-refractivity contribution in [2.45, 2.75) is 32.9 Å². The van der Waals surface area contributed by atoms with E-state index in [2.05, 4.69) is 34.6 Å². The molecule has 0 saturated carbocycles. The Labute approximate surface area is 182 Å². The van der Waals surface area contributed by atoms with Gasteiger partial charge in [0.2, 0.25) is 0 Å². The SMILES string of the molecule is CCNC(=NCC(C)Cn1cccn1)NC1CCN(c2ncccc2F)C1.I. The average molecular weight is 501 g/mol. The van der Waals surface area contributed by atoms with Crippen molar-refractivity contribution in [3.05, 3.63) is 42.6 Å². The van der Waals surface area contributed by atoms with Crippen molar-refractivity contribution in [2.75, 3.05) is 31.1 Å². The second-order valence-electron chi connectivity index (χ2n) is 6.94. The Morgan fingerprint density at radius 3 is 2.96 bits per heavy atom. The number of nitrogens with zero attached hydrogens (tertiary/aromatic N) is 5. The number of anilines is 1. The van der Waals surface area contributed by atoms with Gasteiger partial charge in [-0.2, -0.15) is 5.10 Å². The quantitative estimate of drug-likeness (QED) is 0.347. The molecule has 3 rings (SSSR count). The van der Waals surface area contributed by atoms with Gasteiger partial charge in [0.25, 0.3) is 0 Å². The zero-order valence-electron chi connectivity index (χ0n) is 16.4. The van der Waals surface area contributed by atoms with Crippen LogP contribution in [0.1, 0.15) is 20.3 Å². The zero-order chi connectivity index (χ0) is 19.1. The predicted octanol–water partition coefficient (Wildman–Crippen LogP) is 2.51. The van der Waals surface area contributed by atoms with Crippen LogP contribution in [-0.2, 0) is 6.54 Å². The minimum absolute atomic E-state index is 0. The topological polar surface area (TPSA) is 70.4 Å². The van der Waals surface area contributed by atoms with Crippen LogP contribution in [0.3, 0.4) is 0 Å². The minimum Gasteiger partial charge on any atom is -0.357 e. The van der Waals surface area contributed by atoms with Gasteiger partial charge in [0, 0.05) is 57.4 Å². The van der Waals surface area contributed by atoms with Crippen LogP contribution < -0.4 is 15.5 Å². The zero-order valence-corrected chi connectivity index (χ0v) is 18.7.